The molecule has 2 fully saturated rings. The molecule has 0 aromatic rings. The maximum Gasteiger partial charge on any atom is 0.120 e. The molecule has 0 unspecified atom stereocenters. The first-order valence-electron chi connectivity index (χ1n) is 8.27. The Morgan fingerprint density at radius 3 is 1.78 bits per heavy atom. The van der Waals surface area contributed by atoms with Crippen LogP contribution in [0.25, 0.3) is 0 Å². The van der Waals surface area contributed by atoms with Gasteiger partial charge in [0.25, 0.3) is 0 Å². The second-order valence-corrected chi connectivity index (χ2v) is 6.75. The van der Waals surface area contributed by atoms with E-state index in [0.29, 0.717) is 0 Å². The average Bonchev–Trinajstić information content (AvgIpc) is 2.41. The van der Waals surface area contributed by atoms with Crippen molar-refractivity contribution in [2.75, 3.05) is 0 Å². The quantitative estimate of drug-likeness (QED) is 0.628. The molecule has 0 aromatic heterocycles. The number of rotatable bonds is 5. The van der Waals surface area contributed by atoms with E-state index < -0.39 is 0 Å². The normalized spacial score (nSPS) is 37.4. The third kappa shape index (κ3) is 3.83. The predicted octanol–water partition coefficient (Wildman–Crippen LogP) is 4.99. The molecule has 0 atom stereocenters. The van der Waals surface area contributed by atoms with Crippen molar-refractivity contribution in [2.24, 2.45) is 23.7 Å². The largest absolute Gasteiger partial charge is 0.303 e. The van der Waals surface area contributed by atoms with Crippen molar-refractivity contribution in [2.45, 2.75) is 77.6 Å². The molecule has 104 valence electrons. The van der Waals surface area contributed by atoms with Crippen molar-refractivity contribution in [3.05, 3.63) is 0 Å². The van der Waals surface area contributed by atoms with E-state index in [1.165, 1.54) is 64.2 Å². The van der Waals surface area contributed by atoms with Crippen molar-refractivity contribution >= 4 is 6.29 Å². The first kappa shape index (κ1) is 14.1. The molecule has 0 bridgehead atoms. The molecule has 0 saturated heterocycles. The molecule has 0 aliphatic heterocycles. The predicted molar refractivity (Wildman–Crippen MR) is 76.5 cm³/mol. The smallest absolute Gasteiger partial charge is 0.120 e. The van der Waals surface area contributed by atoms with Crippen molar-refractivity contribution in [1.82, 2.24) is 0 Å². The summed E-state index contributed by atoms with van der Waals surface area (Å²) < 4.78 is 0. The van der Waals surface area contributed by atoms with Gasteiger partial charge in [0.2, 0.25) is 0 Å². The third-order valence-electron chi connectivity index (χ3n) is 5.58. The molecule has 2 aliphatic carbocycles. The molecule has 0 heterocycles. The van der Waals surface area contributed by atoms with Crippen LogP contribution in [0.4, 0.5) is 0 Å². The standard InChI is InChI=1S/C17H30O/c1-2-3-14-4-8-16(9-5-14)17-10-6-15(7-11-17)12-13-18/h13-17H,2-12H2,1H3/t14-,15?,16-,17?. The van der Waals surface area contributed by atoms with Crippen LogP contribution in [-0.2, 0) is 4.79 Å². The second kappa shape index (κ2) is 7.31. The van der Waals surface area contributed by atoms with E-state index in [9.17, 15) is 4.79 Å². The summed E-state index contributed by atoms with van der Waals surface area (Å²) in [6.45, 7) is 2.32. The van der Waals surface area contributed by atoms with Crippen LogP contribution in [-0.4, -0.2) is 6.29 Å². The summed E-state index contributed by atoms with van der Waals surface area (Å²) in [6, 6.07) is 0. The van der Waals surface area contributed by atoms with Gasteiger partial charge in [-0.3, -0.25) is 0 Å². The number of hydrogen-bond donors (Lipinski definition) is 0. The Labute approximate surface area is 113 Å². The molecule has 0 radical (unpaired) electrons. The Balaban J connectivity index is 1.69. The lowest BCUT2D eigenvalue weighted by atomic mass is 9.68. The average molecular weight is 250 g/mol. The molecule has 1 heteroatoms. The van der Waals surface area contributed by atoms with Gasteiger partial charge in [-0.05, 0) is 62.2 Å². The zero-order valence-electron chi connectivity index (χ0n) is 12.1. The van der Waals surface area contributed by atoms with Gasteiger partial charge < -0.3 is 4.79 Å². The number of hydrogen-bond acceptors (Lipinski definition) is 1. The molecule has 0 N–H and O–H groups in total. The lowest BCUT2D eigenvalue weighted by Crippen LogP contribution is -2.26. The van der Waals surface area contributed by atoms with E-state index in [2.05, 4.69) is 6.92 Å². The number of carbonyl (C=O) groups excluding carboxylic acids is 1. The molecule has 2 aliphatic rings. The SMILES string of the molecule is CCC[C@H]1CC[C@H](C2CCC(CC=O)CC2)CC1. The van der Waals surface area contributed by atoms with Gasteiger partial charge in [-0.1, -0.05) is 32.6 Å². The molecule has 18 heavy (non-hydrogen) atoms. The van der Waals surface area contributed by atoms with E-state index in [0.717, 1.165) is 36.4 Å². The highest BCUT2D eigenvalue weighted by Gasteiger charge is 2.30. The monoisotopic (exact) mass is 250 g/mol. The van der Waals surface area contributed by atoms with E-state index in [-0.39, 0.29) is 0 Å². The minimum absolute atomic E-state index is 0.718. The zero-order chi connectivity index (χ0) is 12.8. The van der Waals surface area contributed by atoms with Crippen LogP contribution in [0.1, 0.15) is 77.6 Å². The summed E-state index contributed by atoms with van der Waals surface area (Å²) in [4.78, 5) is 10.6. The van der Waals surface area contributed by atoms with Gasteiger partial charge in [0.05, 0.1) is 0 Å². The molecular weight excluding hydrogens is 220 g/mol. The molecule has 0 amide bonds. The Bertz CT molecular complexity index is 232. The summed E-state index contributed by atoms with van der Waals surface area (Å²) in [5.74, 6) is 3.78. The van der Waals surface area contributed by atoms with Crippen molar-refractivity contribution < 1.29 is 4.79 Å². The fourth-order valence-electron chi connectivity index (χ4n) is 4.39. The molecule has 2 saturated carbocycles. The van der Waals surface area contributed by atoms with Crippen LogP contribution in [0.5, 0.6) is 0 Å². The molecule has 0 spiro atoms. The Hall–Kier alpha value is -0.330. The van der Waals surface area contributed by atoms with Gasteiger partial charge in [0, 0.05) is 6.42 Å². The summed E-state index contributed by atoms with van der Waals surface area (Å²) >= 11 is 0. The summed E-state index contributed by atoms with van der Waals surface area (Å²) in [7, 11) is 0. The maximum atomic E-state index is 10.6. The minimum atomic E-state index is 0.718. The van der Waals surface area contributed by atoms with E-state index in [1.54, 1.807) is 0 Å². The first-order valence-corrected chi connectivity index (χ1v) is 8.27. The molecule has 2 rings (SSSR count). The summed E-state index contributed by atoms with van der Waals surface area (Å²) in [5.41, 5.74) is 0. The van der Waals surface area contributed by atoms with E-state index >= 15 is 0 Å². The Morgan fingerprint density at radius 2 is 1.33 bits per heavy atom. The van der Waals surface area contributed by atoms with Crippen LogP contribution in [0.3, 0.4) is 0 Å². The highest BCUT2D eigenvalue weighted by molar-refractivity contribution is 5.49. The van der Waals surface area contributed by atoms with E-state index in [4.69, 9.17) is 0 Å². The topological polar surface area (TPSA) is 17.1 Å². The lowest BCUT2D eigenvalue weighted by molar-refractivity contribution is -0.108. The van der Waals surface area contributed by atoms with Crippen LogP contribution in [0, 0.1) is 23.7 Å². The minimum Gasteiger partial charge on any atom is -0.303 e. The molecule has 1 nitrogen and oxygen atoms in total. The van der Waals surface area contributed by atoms with Crippen molar-refractivity contribution in [3.63, 3.8) is 0 Å². The number of aldehydes is 1. The van der Waals surface area contributed by atoms with Gasteiger partial charge in [0.15, 0.2) is 0 Å². The maximum absolute atomic E-state index is 10.6. The summed E-state index contributed by atoms with van der Waals surface area (Å²) in [6.07, 6.45) is 16.2. The van der Waals surface area contributed by atoms with Gasteiger partial charge >= 0.3 is 0 Å². The fourth-order valence-corrected chi connectivity index (χ4v) is 4.39. The lowest BCUT2D eigenvalue weighted by Gasteiger charge is -2.37. The second-order valence-electron chi connectivity index (χ2n) is 6.75. The highest BCUT2D eigenvalue weighted by atomic mass is 16.1. The van der Waals surface area contributed by atoms with Crippen molar-refractivity contribution in [3.8, 4) is 0 Å². The molecule has 0 aromatic carbocycles. The number of carbonyl (C=O) groups is 1. The summed E-state index contributed by atoms with van der Waals surface area (Å²) in [5, 5.41) is 0. The highest BCUT2D eigenvalue weighted by Crippen LogP contribution is 2.42. The zero-order valence-corrected chi connectivity index (χ0v) is 12.1. The van der Waals surface area contributed by atoms with Crippen LogP contribution in [0.2, 0.25) is 0 Å². The molecular formula is C17H30O. The van der Waals surface area contributed by atoms with Gasteiger partial charge in [-0.2, -0.15) is 0 Å². The fraction of sp³-hybridized carbons (Fsp3) is 0.941. The third-order valence-corrected chi connectivity index (χ3v) is 5.58. The Morgan fingerprint density at radius 1 is 0.833 bits per heavy atom. The first-order chi connectivity index (χ1) is 8.83. The van der Waals surface area contributed by atoms with Crippen molar-refractivity contribution in [1.29, 1.82) is 0 Å². The van der Waals surface area contributed by atoms with Gasteiger partial charge in [-0.25, -0.2) is 0 Å². The van der Waals surface area contributed by atoms with Gasteiger partial charge in [0.1, 0.15) is 6.29 Å². The Kier molecular flexibility index (Phi) is 5.72. The van der Waals surface area contributed by atoms with E-state index in [1.807, 2.05) is 0 Å². The van der Waals surface area contributed by atoms with Crippen LogP contribution in [0.15, 0.2) is 0 Å². The van der Waals surface area contributed by atoms with Crippen LogP contribution >= 0.6 is 0 Å². The van der Waals surface area contributed by atoms with Crippen LogP contribution < -0.4 is 0 Å². The van der Waals surface area contributed by atoms with Gasteiger partial charge in [-0.15, -0.1) is 0 Å².